The molecule has 96 valence electrons. The summed E-state index contributed by atoms with van der Waals surface area (Å²) in [5.41, 5.74) is 2.97. The van der Waals surface area contributed by atoms with Gasteiger partial charge in [0.2, 0.25) is 0 Å². The molecule has 0 fully saturated rings. The van der Waals surface area contributed by atoms with Crippen molar-refractivity contribution in [1.29, 1.82) is 0 Å². The first kappa shape index (κ1) is 14.2. The molecule has 0 heterocycles. The first-order valence-corrected chi connectivity index (χ1v) is 6.33. The van der Waals surface area contributed by atoms with Crippen molar-refractivity contribution < 1.29 is 4.74 Å². The first-order valence-electron chi connectivity index (χ1n) is 6.33. The summed E-state index contributed by atoms with van der Waals surface area (Å²) in [6.45, 7) is 9.48. The number of hydrogen-bond donors (Lipinski definition) is 1. The van der Waals surface area contributed by atoms with Gasteiger partial charge < -0.3 is 10.1 Å². The Labute approximate surface area is 105 Å². The Morgan fingerprint density at radius 1 is 1.12 bits per heavy atom. The lowest BCUT2D eigenvalue weighted by Crippen LogP contribution is -2.27. The molecule has 1 N–H and O–H groups in total. The normalized spacial score (nSPS) is 11.8. The third-order valence-electron chi connectivity index (χ3n) is 3.24. The lowest BCUT2D eigenvalue weighted by molar-refractivity contribution is 0.198. The van der Waals surface area contributed by atoms with Gasteiger partial charge in [-0.05, 0) is 30.9 Å². The number of methoxy groups -OCH3 is 1. The van der Waals surface area contributed by atoms with Crippen LogP contribution in [0.25, 0.3) is 0 Å². The van der Waals surface area contributed by atoms with Crippen LogP contribution >= 0.6 is 0 Å². The number of ether oxygens (including phenoxy) is 1. The second-order valence-corrected chi connectivity index (χ2v) is 5.24. The monoisotopic (exact) mass is 235 g/mol. The molecular formula is C15H25NO. The van der Waals surface area contributed by atoms with Gasteiger partial charge in [-0.1, -0.05) is 43.7 Å². The average Bonchev–Trinajstić information content (AvgIpc) is 2.29. The van der Waals surface area contributed by atoms with E-state index in [-0.39, 0.29) is 5.41 Å². The van der Waals surface area contributed by atoms with Crippen LogP contribution in [0, 0.1) is 6.92 Å². The van der Waals surface area contributed by atoms with Crippen LogP contribution < -0.4 is 5.32 Å². The number of rotatable bonds is 7. The number of nitrogens with one attached hydrogen (secondary N) is 1. The van der Waals surface area contributed by atoms with E-state index in [2.05, 4.69) is 50.4 Å². The van der Waals surface area contributed by atoms with Crippen LogP contribution in [0.15, 0.2) is 24.3 Å². The highest BCUT2D eigenvalue weighted by atomic mass is 16.5. The topological polar surface area (TPSA) is 21.3 Å². The van der Waals surface area contributed by atoms with Crippen molar-refractivity contribution in [3.05, 3.63) is 35.4 Å². The van der Waals surface area contributed by atoms with Crippen LogP contribution in [0.1, 0.15) is 31.4 Å². The lowest BCUT2D eigenvalue weighted by Gasteiger charge is -2.25. The van der Waals surface area contributed by atoms with E-state index < -0.39 is 0 Å². The molecule has 1 aromatic carbocycles. The highest BCUT2D eigenvalue weighted by Gasteiger charge is 2.19. The second kappa shape index (κ2) is 6.77. The predicted octanol–water partition coefficient (Wildman–Crippen LogP) is 2.90. The molecule has 0 aliphatic heterocycles. The molecular weight excluding hydrogens is 210 g/mol. The Bertz CT molecular complexity index is 316. The Hall–Kier alpha value is -0.860. The summed E-state index contributed by atoms with van der Waals surface area (Å²) < 4.78 is 5.01. The molecule has 0 aliphatic rings. The van der Waals surface area contributed by atoms with Gasteiger partial charge in [0, 0.05) is 13.7 Å². The predicted molar refractivity (Wildman–Crippen MR) is 73.6 cm³/mol. The fraction of sp³-hybridized carbons (Fsp3) is 0.600. The van der Waals surface area contributed by atoms with Crippen LogP contribution in [0.5, 0.6) is 0 Å². The summed E-state index contributed by atoms with van der Waals surface area (Å²) in [7, 11) is 1.73. The standard InChI is InChI=1S/C15H25NO/c1-13-5-7-14(8-6-13)15(2,3)9-10-16-11-12-17-4/h5-8,16H,9-12H2,1-4H3. The van der Waals surface area contributed by atoms with Crippen LogP contribution in [-0.4, -0.2) is 26.8 Å². The van der Waals surface area contributed by atoms with E-state index in [0.717, 1.165) is 26.1 Å². The smallest absolute Gasteiger partial charge is 0.0587 e. The Morgan fingerprint density at radius 2 is 1.76 bits per heavy atom. The summed E-state index contributed by atoms with van der Waals surface area (Å²) in [6.07, 6.45) is 1.14. The van der Waals surface area contributed by atoms with Gasteiger partial charge in [-0.3, -0.25) is 0 Å². The zero-order valence-corrected chi connectivity index (χ0v) is 11.5. The van der Waals surface area contributed by atoms with Crippen LogP contribution in [0.2, 0.25) is 0 Å². The van der Waals surface area contributed by atoms with Gasteiger partial charge in [-0.15, -0.1) is 0 Å². The van der Waals surface area contributed by atoms with Gasteiger partial charge in [0.25, 0.3) is 0 Å². The molecule has 0 aromatic heterocycles. The Kier molecular flexibility index (Phi) is 5.66. The van der Waals surface area contributed by atoms with Crippen LogP contribution in [-0.2, 0) is 10.2 Å². The number of hydrogen-bond acceptors (Lipinski definition) is 2. The molecule has 0 bridgehead atoms. The van der Waals surface area contributed by atoms with Gasteiger partial charge >= 0.3 is 0 Å². The molecule has 0 aliphatic carbocycles. The van der Waals surface area contributed by atoms with E-state index in [0.29, 0.717) is 0 Å². The Balaban J connectivity index is 2.42. The molecule has 17 heavy (non-hydrogen) atoms. The molecule has 1 rings (SSSR count). The minimum Gasteiger partial charge on any atom is -0.383 e. The second-order valence-electron chi connectivity index (χ2n) is 5.24. The average molecular weight is 235 g/mol. The number of benzene rings is 1. The molecule has 0 unspecified atom stereocenters. The van der Waals surface area contributed by atoms with Gasteiger partial charge in [-0.2, -0.15) is 0 Å². The van der Waals surface area contributed by atoms with E-state index in [9.17, 15) is 0 Å². The maximum atomic E-state index is 5.01. The lowest BCUT2D eigenvalue weighted by atomic mass is 9.81. The Morgan fingerprint density at radius 3 is 2.35 bits per heavy atom. The summed E-state index contributed by atoms with van der Waals surface area (Å²) in [5, 5.41) is 3.40. The molecule has 0 saturated carbocycles. The highest BCUT2D eigenvalue weighted by Crippen LogP contribution is 2.26. The van der Waals surface area contributed by atoms with Crippen molar-refractivity contribution in [1.82, 2.24) is 5.32 Å². The molecule has 0 saturated heterocycles. The zero-order valence-electron chi connectivity index (χ0n) is 11.5. The molecule has 1 aromatic rings. The van der Waals surface area contributed by atoms with Crippen molar-refractivity contribution in [2.24, 2.45) is 0 Å². The van der Waals surface area contributed by atoms with Gasteiger partial charge in [0.15, 0.2) is 0 Å². The minimum absolute atomic E-state index is 0.230. The molecule has 2 nitrogen and oxygen atoms in total. The molecule has 2 heteroatoms. The number of aryl methyl sites for hydroxylation is 1. The van der Waals surface area contributed by atoms with Crippen molar-refractivity contribution in [2.75, 3.05) is 26.8 Å². The summed E-state index contributed by atoms with van der Waals surface area (Å²) in [5.74, 6) is 0. The molecule has 0 atom stereocenters. The van der Waals surface area contributed by atoms with E-state index in [1.54, 1.807) is 7.11 Å². The van der Waals surface area contributed by atoms with Crippen molar-refractivity contribution >= 4 is 0 Å². The highest BCUT2D eigenvalue weighted by molar-refractivity contribution is 5.27. The third-order valence-corrected chi connectivity index (χ3v) is 3.24. The van der Waals surface area contributed by atoms with Gasteiger partial charge in [0.1, 0.15) is 0 Å². The summed E-state index contributed by atoms with van der Waals surface area (Å²) >= 11 is 0. The summed E-state index contributed by atoms with van der Waals surface area (Å²) in [4.78, 5) is 0. The zero-order chi connectivity index (χ0) is 12.7. The van der Waals surface area contributed by atoms with Crippen molar-refractivity contribution in [3.8, 4) is 0 Å². The maximum absolute atomic E-state index is 5.01. The van der Waals surface area contributed by atoms with E-state index in [1.807, 2.05) is 0 Å². The van der Waals surface area contributed by atoms with E-state index in [4.69, 9.17) is 4.74 Å². The van der Waals surface area contributed by atoms with Crippen LogP contribution in [0.3, 0.4) is 0 Å². The largest absolute Gasteiger partial charge is 0.383 e. The minimum atomic E-state index is 0.230. The van der Waals surface area contributed by atoms with Gasteiger partial charge in [0.05, 0.1) is 6.61 Å². The van der Waals surface area contributed by atoms with Crippen LogP contribution in [0.4, 0.5) is 0 Å². The molecule has 0 radical (unpaired) electrons. The summed E-state index contributed by atoms with van der Waals surface area (Å²) in [6, 6.07) is 8.86. The van der Waals surface area contributed by atoms with Gasteiger partial charge in [-0.25, -0.2) is 0 Å². The quantitative estimate of drug-likeness (QED) is 0.734. The van der Waals surface area contributed by atoms with Crippen molar-refractivity contribution in [2.45, 2.75) is 32.6 Å². The fourth-order valence-corrected chi connectivity index (χ4v) is 1.85. The first-order chi connectivity index (χ1) is 8.06. The van der Waals surface area contributed by atoms with Crippen molar-refractivity contribution in [3.63, 3.8) is 0 Å². The SMILES string of the molecule is COCCNCCC(C)(C)c1ccc(C)cc1. The van der Waals surface area contributed by atoms with E-state index >= 15 is 0 Å². The maximum Gasteiger partial charge on any atom is 0.0587 e. The fourth-order valence-electron chi connectivity index (χ4n) is 1.85. The van der Waals surface area contributed by atoms with E-state index in [1.165, 1.54) is 11.1 Å². The third kappa shape index (κ3) is 4.88. The molecule has 0 spiro atoms. The molecule has 0 amide bonds.